The summed E-state index contributed by atoms with van der Waals surface area (Å²) in [6, 6.07) is 2.43. The topological polar surface area (TPSA) is 83.7 Å². The number of hydrogen-bond donors (Lipinski definition) is 1. The summed E-state index contributed by atoms with van der Waals surface area (Å²) in [5.41, 5.74) is -0.0390. The number of halogens is 1. The van der Waals surface area contributed by atoms with Crippen LogP contribution in [0.5, 0.6) is 0 Å². The van der Waals surface area contributed by atoms with Crippen molar-refractivity contribution >= 4 is 28.9 Å². The Bertz CT molecular complexity index is 591. The highest BCUT2D eigenvalue weighted by atomic mass is 35.5. The smallest absolute Gasteiger partial charge is 0.338 e. The van der Waals surface area contributed by atoms with Gasteiger partial charge in [-0.1, -0.05) is 18.5 Å². The molecule has 7 heteroatoms. The quantitative estimate of drug-likeness (QED) is 0.681. The van der Waals surface area contributed by atoms with Crippen molar-refractivity contribution in [1.82, 2.24) is 0 Å². The van der Waals surface area contributed by atoms with Gasteiger partial charge in [-0.25, -0.2) is 4.79 Å². The fraction of sp³-hybridized carbons (Fsp3) is 0.500. The van der Waals surface area contributed by atoms with Crippen LogP contribution in [0.3, 0.4) is 0 Å². The van der Waals surface area contributed by atoms with Crippen molar-refractivity contribution in [3.8, 4) is 0 Å². The molecule has 2 atom stereocenters. The molecule has 2 unspecified atom stereocenters. The third kappa shape index (κ3) is 2.95. The van der Waals surface area contributed by atoms with Gasteiger partial charge in [0.2, 0.25) is 0 Å². The molecule has 6 nitrogen and oxygen atoms in total. The third-order valence-electron chi connectivity index (χ3n) is 4.15. The highest BCUT2D eigenvalue weighted by Gasteiger charge is 2.31. The van der Waals surface area contributed by atoms with Gasteiger partial charge in [-0.05, 0) is 25.7 Å². The van der Waals surface area contributed by atoms with E-state index in [1.807, 2.05) is 11.8 Å². The number of hydrogen-bond acceptors (Lipinski definition) is 4. The first kappa shape index (κ1) is 15.6. The maximum absolute atomic E-state index is 11.5. The minimum Gasteiger partial charge on any atom is -0.478 e. The number of nitro groups is 1. The third-order valence-corrected chi connectivity index (χ3v) is 4.44. The Morgan fingerprint density at radius 2 is 2.14 bits per heavy atom. The second-order valence-corrected chi connectivity index (χ2v) is 5.85. The van der Waals surface area contributed by atoms with Crippen molar-refractivity contribution in [2.45, 2.75) is 32.7 Å². The van der Waals surface area contributed by atoms with Crippen LogP contribution in [0.1, 0.15) is 37.0 Å². The fourth-order valence-electron chi connectivity index (χ4n) is 2.80. The monoisotopic (exact) mass is 312 g/mol. The van der Waals surface area contributed by atoms with Crippen molar-refractivity contribution in [3.05, 3.63) is 32.8 Å². The Kier molecular flexibility index (Phi) is 4.37. The lowest BCUT2D eigenvalue weighted by molar-refractivity contribution is -0.384. The van der Waals surface area contributed by atoms with Crippen molar-refractivity contribution in [1.29, 1.82) is 0 Å². The number of piperidine rings is 1. The molecule has 0 saturated carbocycles. The van der Waals surface area contributed by atoms with E-state index in [1.165, 1.54) is 6.07 Å². The summed E-state index contributed by atoms with van der Waals surface area (Å²) in [4.78, 5) is 23.7. The molecule has 1 N–H and O–H groups in total. The summed E-state index contributed by atoms with van der Waals surface area (Å²) in [5.74, 6) is -0.798. The van der Waals surface area contributed by atoms with E-state index in [0.29, 0.717) is 18.2 Å². The van der Waals surface area contributed by atoms with Crippen LogP contribution in [0.4, 0.5) is 11.4 Å². The maximum atomic E-state index is 11.5. The van der Waals surface area contributed by atoms with Gasteiger partial charge in [-0.3, -0.25) is 10.1 Å². The van der Waals surface area contributed by atoms with E-state index in [0.717, 1.165) is 18.9 Å². The summed E-state index contributed by atoms with van der Waals surface area (Å²) in [6.07, 6.45) is 2.02. The molecule has 1 aliphatic heterocycles. The van der Waals surface area contributed by atoms with Crippen LogP contribution in [0.25, 0.3) is 0 Å². The Labute approximate surface area is 127 Å². The first-order valence-electron chi connectivity index (χ1n) is 6.80. The SMILES string of the molecule is CC1CCCN(c2c(Cl)cc([N+](=O)[O-])cc2C(=O)O)C1C. The molecule has 1 aliphatic rings. The van der Waals surface area contributed by atoms with Gasteiger partial charge in [-0.2, -0.15) is 0 Å². The second-order valence-electron chi connectivity index (χ2n) is 5.44. The number of anilines is 1. The maximum Gasteiger partial charge on any atom is 0.338 e. The van der Waals surface area contributed by atoms with Crippen molar-refractivity contribution in [2.24, 2.45) is 5.92 Å². The van der Waals surface area contributed by atoms with Crippen LogP contribution in [0, 0.1) is 16.0 Å². The summed E-state index contributed by atoms with van der Waals surface area (Å²) in [7, 11) is 0. The molecule has 1 heterocycles. The first-order chi connectivity index (χ1) is 9.82. The number of carboxylic acids is 1. The lowest BCUT2D eigenvalue weighted by Crippen LogP contribution is -2.43. The van der Waals surface area contributed by atoms with Crippen LogP contribution in [0.15, 0.2) is 12.1 Å². The molecule has 0 bridgehead atoms. The molecule has 0 aliphatic carbocycles. The fourth-order valence-corrected chi connectivity index (χ4v) is 3.12. The molecule has 0 amide bonds. The van der Waals surface area contributed by atoms with Gasteiger partial charge < -0.3 is 10.0 Å². The number of carbonyl (C=O) groups is 1. The highest BCUT2D eigenvalue weighted by molar-refractivity contribution is 6.34. The Morgan fingerprint density at radius 3 is 2.71 bits per heavy atom. The lowest BCUT2D eigenvalue weighted by atomic mass is 9.91. The minimum absolute atomic E-state index is 0.113. The highest BCUT2D eigenvalue weighted by Crippen LogP contribution is 2.38. The van der Waals surface area contributed by atoms with Gasteiger partial charge in [0.1, 0.15) is 0 Å². The molecule has 2 rings (SSSR count). The Balaban J connectivity index is 2.56. The molecule has 21 heavy (non-hydrogen) atoms. The van der Waals surface area contributed by atoms with Gasteiger partial charge in [0.15, 0.2) is 0 Å². The molecule has 1 fully saturated rings. The molecular formula is C14H17ClN2O4. The molecule has 1 aromatic rings. The van der Waals surface area contributed by atoms with Crippen LogP contribution >= 0.6 is 11.6 Å². The Morgan fingerprint density at radius 1 is 1.48 bits per heavy atom. The van der Waals surface area contributed by atoms with Crippen molar-refractivity contribution in [3.63, 3.8) is 0 Å². The van der Waals surface area contributed by atoms with E-state index in [1.54, 1.807) is 0 Å². The summed E-state index contributed by atoms with van der Waals surface area (Å²) in [5, 5.41) is 20.4. The van der Waals surface area contributed by atoms with Crippen LogP contribution in [-0.4, -0.2) is 28.6 Å². The van der Waals surface area contributed by atoms with Crippen LogP contribution in [-0.2, 0) is 0 Å². The zero-order valence-electron chi connectivity index (χ0n) is 11.9. The molecular weight excluding hydrogens is 296 g/mol. The number of carboxylic acid groups (broad SMARTS) is 1. The Hall–Kier alpha value is -1.82. The predicted octanol–water partition coefficient (Wildman–Crippen LogP) is 3.57. The molecule has 1 aromatic carbocycles. The van der Waals surface area contributed by atoms with Crippen molar-refractivity contribution in [2.75, 3.05) is 11.4 Å². The predicted molar refractivity (Wildman–Crippen MR) is 80.3 cm³/mol. The number of nitro benzene ring substituents is 1. The molecule has 1 saturated heterocycles. The molecule has 0 spiro atoms. The number of benzene rings is 1. The molecule has 0 radical (unpaired) electrons. The normalized spacial score (nSPS) is 22.1. The summed E-state index contributed by atoms with van der Waals surface area (Å²) in [6.45, 7) is 4.83. The van der Waals surface area contributed by atoms with Gasteiger partial charge in [0.05, 0.1) is 21.2 Å². The largest absolute Gasteiger partial charge is 0.478 e. The van der Waals surface area contributed by atoms with E-state index >= 15 is 0 Å². The first-order valence-corrected chi connectivity index (χ1v) is 7.18. The van der Waals surface area contributed by atoms with Crippen molar-refractivity contribution < 1.29 is 14.8 Å². The van der Waals surface area contributed by atoms with Crippen LogP contribution < -0.4 is 4.90 Å². The standard InChI is InChI=1S/C14H17ClN2O4/c1-8-4-3-5-16(9(8)2)13-11(14(18)19)6-10(17(20)21)7-12(13)15/h6-9H,3-5H2,1-2H3,(H,18,19). The second kappa shape index (κ2) is 5.89. The number of nitrogens with zero attached hydrogens (tertiary/aromatic N) is 2. The number of non-ortho nitro benzene ring substituents is 1. The summed E-state index contributed by atoms with van der Waals surface area (Å²) >= 11 is 6.16. The molecule has 0 aromatic heterocycles. The van der Waals surface area contributed by atoms with E-state index in [-0.39, 0.29) is 22.3 Å². The molecule has 114 valence electrons. The van der Waals surface area contributed by atoms with E-state index < -0.39 is 10.9 Å². The lowest BCUT2D eigenvalue weighted by Gasteiger charge is -2.40. The van der Waals surface area contributed by atoms with Gasteiger partial charge in [0, 0.05) is 24.7 Å². The van der Waals surface area contributed by atoms with Gasteiger partial charge in [-0.15, -0.1) is 0 Å². The van der Waals surface area contributed by atoms with E-state index in [9.17, 15) is 20.0 Å². The van der Waals surface area contributed by atoms with Gasteiger partial charge in [0.25, 0.3) is 5.69 Å². The minimum atomic E-state index is -1.21. The van der Waals surface area contributed by atoms with E-state index in [2.05, 4.69) is 6.92 Å². The number of aromatic carboxylic acids is 1. The average Bonchev–Trinajstić information content (AvgIpc) is 2.41. The number of rotatable bonds is 3. The zero-order chi connectivity index (χ0) is 15.7. The zero-order valence-corrected chi connectivity index (χ0v) is 12.6. The van der Waals surface area contributed by atoms with Crippen LogP contribution in [0.2, 0.25) is 5.02 Å². The summed E-state index contributed by atoms with van der Waals surface area (Å²) < 4.78 is 0. The average molecular weight is 313 g/mol. The van der Waals surface area contributed by atoms with E-state index in [4.69, 9.17) is 11.6 Å². The van der Waals surface area contributed by atoms with Gasteiger partial charge >= 0.3 is 5.97 Å².